The van der Waals surface area contributed by atoms with Crippen LogP contribution in [0.5, 0.6) is 0 Å². The molecule has 0 fully saturated rings. The number of benzene rings is 2. The number of nitrogens with two attached hydrogens (primary N) is 1. The quantitative estimate of drug-likeness (QED) is 0.388. The highest BCUT2D eigenvalue weighted by atomic mass is 19.4. The summed E-state index contributed by atoms with van der Waals surface area (Å²) >= 11 is 0. The Labute approximate surface area is 203 Å². The predicted molar refractivity (Wildman–Crippen MR) is 120 cm³/mol. The van der Waals surface area contributed by atoms with Crippen LogP contribution in [0.25, 0.3) is 11.1 Å². The summed E-state index contributed by atoms with van der Waals surface area (Å²) in [6.45, 7) is 0.603. The van der Waals surface area contributed by atoms with Gasteiger partial charge in [-0.2, -0.15) is 22.0 Å². The van der Waals surface area contributed by atoms with Crippen LogP contribution in [0.4, 0.5) is 27.6 Å². The van der Waals surface area contributed by atoms with Gasteiger partial charge in [-0.25, -0.2) is 0 Å². The van der Waals surface area contributed by atoms with E-state index in [1.54, 1.807) is 24.3 Å². The van der Waals surface area contributed by atoms with E-state index >= 15 is 0 Å². The smallest absolute Gasteiger partial charge is 0.372 e. The Bertz CT molecular complexity index is 1180. The highest BCUT2D eigenvalue weighted by Gasteiger charge is 2.61. The van der Waals surface area contributed by atoms with Crippen molar-refractivity contribution in [2.45, 2.75) is 44.0 Å². The van der Waals surface area contributed by atoms with Crippen LogP contribution in [0.15, 0.2) is 48.5 Å². The van der Waals surface area contributed by atoms with Crippen molar-refractivity contribution in [1.82, 2.24) is 4.90 Å². The van der Waals surface area contributed by atoms with E-state index in [-0.39, 0.29) is 21.7 Å². The second-order valence-corrected chi connectivity index (χ2v) is 8.98. The van der Waals surface area contributed by atoms with Crippen molar-refractivity contribution < 1.29 is 41.4 Å². The van der Waals surface area contributed by atoms with Gasteiger partial charge in [0.05, 0.1) is 6.54 Å². The zero-order chi connectivity index (χ0) is 27.1. The number of para-hydroxylation sites is 1. The van der Waals surface area contributed by atoms with Gasteiger partial charge in [0.1, 0.15) is 6.04 Å². The van der Waals surface area contributed by atoms with Crippen LogP contribution >= 0.6 is 0 Å². The molecule has 1 heterocycles. The van der Waals surface area contributed by atoms with Gasteiger partial charge >= 0.3 is 12.1 Å². The molecule has 0 saturated heterocycles. The summed E-state index contributed by atoms with van der Waals surface area (Å²) in [5.74, 6) is -10.7. The zero-order valence-corrected chi connectivity index (χ0v) is 19.3. The summed E-state index contributed by atoms with van der Waals surface area (Å²) in [5, 5.41) is 13.3. The van der Waals surface area contributed by atoms with Crippen LogP contribution < -0.4 is 11.1 Å². The fourth-order valence-corrected chi connectivity index (χ4v) is 4.17. The Morgan fingerprint density at radius 1 is 1.03 bits per heavy atom. The van der Waals surface area contributed by atoms with Crippen molar-refractivity contribution in [2.24, 2.45) is 11.7 Å². The molecule has 3 rings (SSSR count). The maximum atomic E-state index is 14.4. The van der Waals surface area contributed by atoms with Crippen molar-refractivity contribution >= 4 is 23.4 Å². The number of halogens is 5. The number of hydrogen-bond donors (Lipinski definition) is 3. The zero-order valence-electron chi connectivity index (χ0n) is 19.3. The van der Waals surface area contributed by atoms with Crippen LogP contribution in [-0.4, -0.2) is 52.0 Å². The molecule has 0 radical (unpaired) electrons. The molecule has 2 aromatic carbocycles. The minimum Gasteiger partial charge on any atom is -0.372 e. The summed E-state index contributed by atoms with van der Waals surface area (Å²) in [6, 6.07) is 9.96. The lowest BCUT2D eigenvalue weighted by molar-refractivity contribution is -0.287. The molecule has 4 N–H and O–H groups in total. The number of hydrogen-bond acceptors (Lipinski definition) is 4. The predicted octanol–water partition coefficient (Wildman–Crippen LogP) is 3.64. The van der Waals surface area contributed by atoms with Crippen molar-refractivity contribution in [3.05, 3.63) is 54.1 Å². The Kier molecular flexibility index (Phi) is 7.13. The molecule has 2 aromatic rings. The van der Waals surface area contributed by atoms with Crippen molar-refractivity contribution in [1.29, 1.82) is 0 Å². The standard InChI is InChI=1S/C24H24F5N3O4/c1-13(2)11-22(36,20(30)34)21(35)32(12-23(25,26)24(27,28)29)18-16-9-4-3-7-14(16)15-8-5-6-10-17(15)31-19(18)33/h3-10,13,18,36H,11-12H2,1-2H3,(H2,30,34)(H,31,33)/t18-,22?/m0/s1. The summed E-state index contributed by atoms with van der Waals surface area (Å²) < 4.78 is 68.4. The van der Waals surface area contributed by atoms with Crippen molar-refractivity contribution in [2.75, 3.05) is 11.9 Å². The number of rotatable bonds is 7. The van der Waals surface area contributed by atoms with E-state index in [1.165, 1.54) is 38.1 Å². The monoisotopic (exact) mass is 513 g/mol. The molecule has 0 bridgehead atoms. The lowest BCUT2D eigenvalue weighted by atomic mass is 9.88. The van der Waals surface area contributed by atoms with Gasteiger partial charge in [-0.1, -0.05) is 56.3 Å². The van der Waals surface area contributed by atoms with Crippen molar-refractivity contribution in [3.8, 4) is 11.1 Å². The molecule has 1 aliphatic heterocycles. The van der Waals surface area contributed by atoms with Gasteiger partial charge in [0, 0.05) is 11.3 Å². The highest BCUT2D eigenvalue weighted by Crippen LogP contribution is 2.43. The number of nitrogens with zero attached hydrogens (tertiary/aromatic N) is 1. The third-order valence-electron chi connectivity index (χ3n) is 5.80. The van der Waals surface area contributed by atoms with Gasteiger partial charge in [0.15, 0.2) is 0 Å². The topological polar surface area (TPSA) is 113 Å². The minimum absolute atomic E-state index is 0.0809. The number of alkyl halides is 5. The van der Waals surface area contributed by atoms with Gasteiger partial charge in [-0.3, -0.25) is 14.4 Å². The summed E-state index contributed by atoms with van der Waals surface area (Å²) in [6.07, 6.45) is -6.77. The Morgan fingerprint density at radius 3 is 2.14 bits per heavy atom. The average Bonchev–Trinajstić information content (AvgIpc) is 2.89. The van der Waals surface area contributed by atoms with E-state index in [0.29, 0.717) is 5.56 Å². The van der Waals surface area contributed by atoms with Crippen LogP contribution in [-0.2, 0) is 14.4 Å². The highest BCUT2D eigenvalue weighted by molar-refractivity contribution is 6.10. The van der Waals surface area contributed by atoms with Gasteiger partial charge in [0.2, 0.25) is 5.60 Å². The molecular weight excluding hydrogens is 489 g/mol. The van der Waals surface area contributed by atoms with Gasteiger partial charge in [-0.15, -0.1) is 0 Å². The number of aliphatic hydroxyl groups is 1. The van der Waals surface area contributed by atoms with Gasteiger partial charge in [-0.05, 0) is 29.5 Å². The largest absolute Gasteiger partial charge is 0.455 e. The average molecular weight is 513 g/mol. The first kappa shape index (κ1) is 27.1. The van der Waals surface area contributed by atoms with Gasteiger partial charge < -0.3 is 21.1 Å². The molecular formula is C24H24F5N3O4. The third kappa shape index (κ3) is 4.90. The second-order valence-electron chi connectivity index (χ2n) is 8.98. The molecule has 12 heteroatoms. The lowest BCUT2D eigenvalue weighted by Gasteiger charge is -2.38. The normalized spacial score (nSPS) is 17.4. The SMILES string of the molecule is CC(C)CC(O)(C(N)=O)C(=O)N(CC(F)(F)C(F)(F)F)[C@@H]1C(=O)Nc2ccccc2-c2ccccc21. The molecule has 36 heavy (non-hydrogen) atoms. The number of anilines is 1. The number of fused-ring (bicyclic) bond motifs is 3. The molecule has 2 atom stereocenters. The summed E-state index contributed by atoms with van der Waals surface area (Å²) in [5.41, 5.74) is 2.91. The lowest BCUT2D eigenvalue weighted by Crippen LogP contribution is -2.62. The van der Waals surface area contributed by atoms with E-state index in [1.807, 2.05) is 0 Å². The van der Waals surface area contributed by atoms with Crippen molar-refractivity contribution in [3.63, 3.8) is 0 Å². The molecule has 0 aliphatic carbocycles. The van der Waals surface area contributed by atoms with E-state index in [2.05, 4.69) is 5.32 Å². The van der Waals surface area contributed by atoms with E-state index in [0.717, 1.165) is 0 Å². The summed E-state index contributed by atoms with van der Waals surface area (Å²) in [7, 11) is 0. The molecule has 1 unspecified atom stereocenters. The molecule has 0 saturated carbocycles. The van der Waals surface area contributed by atoms with Gasteiger partial charge in [0.25, 0.3) is 17.7 Å². The number of carbonyl (C=O) groups excluding carboxylic acids is 3. The Balaban J connectivity index is 2.26. The second kappa shape index (κ2) is 9.49. The number of amides is 3. The molecule has 0 spiro atoms. The Morgan fingerprint density at radius 2 is 1.58 bits per heavy atom. The fraction of sp³-hybridized carbons (Fsp3) is 0.375. The van der Waals surface area contributed by atoms with Crippen LogP contribution in [0, 0.1) is 5.92 Å². The fourth-order valence-electron chi connectivity index (χ4n) is 4.17. The maximum Gasteiger partial charge on any atom is 0.455 e. The van der Waals surface area contributed by atoms with Crippen LogP contribution in [0.2, 0.25) is 0 Å². The maximum absolute atomic E-state index is 14.4. The molecule has 1 aliphatic rings. The van der Waals surface area contributed by atoms with E-state index in [9.17, 15) is 41.4 Å². The third-order valence-corrected chi connectivity index (χ3v) is 5.80. The van der Waals surface area contributed by atoms with Crippen LogP contribution in [0.1, 0.15) is 31.9 Å². The van der Waals surface area contributed by atoms with Crippen LogP contribution in [0.3, 0.4) is 0 Å². The van der Waals surface area contributed by atoms with E-state index in [4.69, 9.17) is 5.73 Å². The number of nitrogens with one attached hydrogen (secondary N) is 1. The first-order valence-corrected chi connectivity index (χ1v) is 10.9. The Hall–Kier alpha value is -3.54. The number of primary amides is 1. The first-order valence-electron chi connectivity index (χ1n) is 10.9. The number of carbonyl (C=O) groups is 3. The molecule has 7 nitrogen and oxygen atoms in total. The molecule has 3 amide bonds. The van der Waals surface area contributed by atoms with E-state index < -0.39 is 60.3 Å². The summed E-state index contributed by atoms with van der Waals surface area (Å²) in [4.78, 5) is 38.8. The minimum atomic E-state index is -6.10. The molecule has 194 valence electrons. The molecule has 0 aromatic heterocycles. The first-order chi connectivity index (χ1) is 16.6.